The third-order valence-corrected chi connectivity index (χ3v) is 7.40. The lowest BCUT2D eigenvalue weighted by Crippen LogP contribution is -2.52. The summed E-state index contributed by atoms with van der Waals surface area (Å²) in [5.74, 6) is -0.0330. The Morgan fingerprint density at radius 1 is 1.19 bits per heavy atom. The maximum atomic E-state index is 13.2. The predicted molar refractivity (Wildman–Crippen MR) is 119 cm³/mol. The standard InChI is InChI=1S/C23H34FN5O2/c1-17-16-29(20-5-3-18(24)4-6-20)14-13-27(17)10-7-19-15-23(21(30)26-19)8-11-28(12-9-23)22(31)25-2/h3-6,17,19H,7-16H2,1-2H3,(H,25,31)(H,26,30)/t17-,19-/m0/s1. The summed E-state index contributed by atoms with van der Waals surface area (Å²) in [5.41, 5.74) is 0.767. The SMILES string of the molecule is CNC(=O)N1CCC2(CC1)C[C@H](CCN1CCN(c3ccc(F)cc3)C[C@@H]1C)NC2=O. The van der Waals surface area contributed by atoms with Crippen molar-refractivity contribution in [1.29, 1.82) is 0 Å². The second kappa shape index (κ2) is 9.02. The van der Waals surface area contributed by atoms with Crippen molar-refractivity contribution in [1.82, 2.24) is 20.4 Å². The third-order valence-electron chi connectivity index (χ3n) is 7.40. The number of halogens is 1. The topological polar surface area (TPSA) is 67.9 Å². The van der Waals surface area contributed by atoms with Gasteiger partial charge in [0, 0.05) is 64.1 Å². The number of carbonyl (C=O) groups excluding carboxylic acids is 2. The molecular formula is C23H34FN5O2. The Kier molecular flexibility index (Phi) is 6.36. The van der Waals surface area contributed by atoms with E-state index in [1.165, 1.54) is 12.1 Å². The average molecular weight is 432 g/mol. The van der Waals surface area contributed by atoms with Crippen molar-refractivity contribution < 1.29 is 14.0 Å². The van der Waals surface area contributed by atoms with Crippen LogP contribution < -0.4 is 15.5 Å². The van der Waals surface area contributed by atoms with E-state index in [1.54, 1.807) is 11.9 Å². The number of likely N-dealkylation sites (tertiary alicyclic amines) is 1. The minimum Gasteiger partial charge on any atom is -0.369 e. The number of carbonyl (C=O) groups is 2. The van der Waals surface area contributed by atoms with E-state index in [-0.39, 0.29) is 29.2 Å². The number of hydrogen-bond acceptors (Lipinski definition) is 4. The monoisotopic (exact) mass is 431 g/mol. The van der Waals surface area contributed by atoms with Crippen LogP contribution in [0.3, 0.4) is 0 Å². The van der Waals surface area contributed by atoms with Crippen molar-refractivity contribution in [3.05, 3.63) is 30.1 Å². The van der Waals surface area contributed by atoms with Crippen LogP contribution in [0.5, 0.6) is 0 Å². The van der Waals surface area contributed by atoms with Crippen molar-refractivity contribution in [3.8, 4) is 0 Å². The van der Waals surface area contributed by atoms with Crippen LogP contribution in [-0.2, 0) is 4.79 Å². The number of nitrogens with zero attached hydrogens (tertiary/aromatic N) is 3. The van der Waals surface area contributed by atoms with E-state index in [4.69, 9.17) is 0 Å². The molecule has 0 radical (unpaired) electrons. The molecule has 8 heteroatoms. The predicted octanol–water partition coefficient (Wildman–Crippen LogP) is 2.04. The molecule has 3 amide bonds. The molecule has 2 atom stereocenters. The summed E-state index contributed by atoms with van der Waals surface area (Å²) in [4.78, 5) is 31.2. The number of anilines is 1. The van der Waals surface area contributed by atoms with Gasteiger partial charge in [-0.1, -0.05) is 0 Å². The number of benzene rings is 1. The fourth-order valence-corrected chi connectivity index (χ4v) is 5.39. The molecule has 0 unspecified atom stereocenters. The van der Waals surface area contributed by atoms with E-state index >= 15 is 0 Å². The first-order valence-electron chi connectivity index (χ1n) is 11.4. The van der Waals surface area contributed by atoms with E-state index in [1.807, 2.05) is 12.1 Å². The van der Waals surface area contributed by atoms with E-state index < -0.39 is 0 Å². The van der Waals surface area contributed by atoms with Crippen LogP contribution in [0.1, 0.15) is 32.6 Å². The Labute approximate surface area is 183 Å². The summed E-state index contributed by atoms with van der Waals surface area (Å²) in [6, 6.07) is 7.29. The quantitative estimate of drug-likeness (QED) is 0.766. The molecule has 31 heavy (non-hydrogen) atoms. The second-order valence-corrected chi connectivity index (χ2v) is 9.29. The van der Waals surface area contributed by atoms with Crippen LogP contribution in [0.25, 0.3) is 0 Å². The van der Waals surface area contributed by atoms with Crippen molar-refractivity contribution in [2.75, 3.05) is 51.2 Å². The maximum Gasteiger partial charge on any atom is 0.317 e. The molecule has 3 aliphatic heterocycles. The lowest BCUT2D eigenvalue weighted by atomic mass is 9.75. The molecule has 4 rings (SSSR count). The molecule has 3 heterocycles. The molecule has 170 valence electrons. The number of urea groups is 1. The van der Waals surface area contributed by atoms with Crippen LogP contribution in [-0.4, -0.2) is 80.1 Å². The van der Waals surface area contributed by atoms with Gasteiger partial charge in [0.15, 0.2) is 0 Å². The first kappa shape index (κ1) is 21.9. The largest absolute Gasteiger partial charge is 0.369 e. The van der Waals surface area contributed by atoms with Crippen LogP contribution in [0, 0.1) is 11.2 Å². The lowest BCUT2D eigenvalue weighted by molar-refractivity contribution is -0.129. The summed E-state index contributed by atoms with van der Waals surface area (Å²) in [5, 5.41) is 5.91. The Balaban J connectivity index is 1.25. The molecule has 2 N–H and O–H groups in total. The maximum absolute atomic E-state index is 13.2. The Hall–Kier alpha value is -2.35. The number of nitrogens with one attached hydrogen (secondary N) is 2. The van der Waals surface area contributed by atoms with Crippen LogP contribution in [0.4, 0.5) is 14.9 Å². The van der Waals surface area contributed by atoms with Crippen molar-refractivity contribution in [2.45, 2.75) is 44.7 Å². The van der Waals surface area contributed by atoms with Gasteiger partial charge in [0.25, 0.3) is 0 Å². The van der Waals surface area contributed by atoms with Gasteiger partial charge in [-0.15, -0.1) is 0 Å². The minimum absolute atomic E-state index is 0.0569. The average Bonchev–Trinajstić information content (AvgIpc) is 3.08. The molecule has 7 nitrogen and oxygen atoms in total. The number of amides is 3. The molecule has 3 saturated heterocycles. The Morgan fingerprint density at radius 2 is 1.90 bits per heavy atom. The number of piperazine rings is 1. The summed E-state index contributed by atoms with van der Waals surface area (Å²) in [6.45, 7) is 7.28. The van der Waals surface area contributed by atoms with Gasteiger partial charge in [-0.2, -0.15) is 0 Å². The zero-order valence-electron chi connectivity index (χ0n) is 18.6. The highest BCUT2D eigenvalue weighted by atomic mass is 19.1. The van der Waals surface area contributed by atoms with Gasteiger partial charge in [-0.25, -0.2) is 9.18 Å². The molecule has 1 aromatic carbocycles. The molecule has 3 fully saturated rings. The van der Waals surface area contributed by atoms with Crippen LogP contribution >= 0.6 is 0 Å². The molecule has 1 spiro atoms. The zero-order chi connectivity index (χ0) is 22.0. The smallest absolute Gasteiger partial charge is 0.317 e. The second-order valence-electron chi connectivity index (χ2n) is 9.29. The van der Waals surface area contributed by atoms with Gasteiger partial charge in [-0.05, 0) is 56.9 Å². The number of piperidine rings is 1. The van der Waals surface area contributed by atoms with Gasteiger partial charge in [-0.3, -0.25) is 9.69 Å². The first-order valence-corrected chi connectivity index (χ1v) is 11.4. The van der Waals surface area contributed by atoms with Crippen LogP contribution in [0.15, 0.2) is 24.3 Å². The summed E-state index contributed by atoms with van der Waals surface area (Å²) in [7, 11) is 1.64. The number of rotatable bonds is 4. The van der Waals surface area contributed by atoms with Gasteiger partial charge >= 0.3 is 6.03 Å². The van der Waals surface area contributed by atoms with Crippen molar-refractivity contribution in [2.24, 2.45) is 5.41 Å². The van der Waals surface area contributed by atoms with Crippen molar-refractivity contribution >= 4 is 17.6 Å². The summed E-state index contributed by atoms with van der Waals surface area (Å²) in [6.07, 6.45) is 3.32. The molecule has 0 bridgehead atoms. The Bertz CT molecular complexity index is 794. The lowest BCUT2D eigenvalue weighted by Gasteiger charge is -2.41. The van der Waals surface area contributed by atoms with Gasteiger partial charge in [0.2, 0.25) is 5.91 Å². The zero-order valence-corrected chi connectivity index (χ0v) is 18.6. The minimum atomic E-state index is -0.303. The summed E-state index contributed by atoms with van der Waals surface area (Å²) < 4.78 is 13.2. The molecule has 0 aliphatic carbocycles. The van der Waals surface area contributed by atoms with Crippen LogP contribution in [0.2, 0.25) is 0 Å². The van der Waals surface area contributed by atoms with Crippen molar-refractivity contribution in [3.63, 3.8) is 0 Å². The Morgan fingerprint density at radius 3 is 2.55 bits per heavy atom. The third kappa shape index (κ3) is 4.63. The molecule has 0 saturated carbocycles. The van der Waals surface area contributed by atoms with E-state index in [0.29, 0.717) is 19.1 Å². The molecular weight excluding hydrogens is 397 g/mol. The van der Waals surface area contributed by atoms with E-state index in [0.717, 1.165) is 57.5 Å². The van der Waals surface area contributed by atoms with E-state index in [2.05, 4.69) is 27.4 Å². The van der Waals surface area contributed by atoms with Gasteiger partial charge in [0.1, 0.15) is 5.82 Å². The molecule has 3 aliphatic rings. The highest BCUT2D eigenvalue weighted by molar-refractivity contribution is 5.85. The highest BCUT2D eigenvalue weighted by Gasteiger charge is 2.48. The normalized spacial score (nSPS) is 26.2. The fourth-order valence-electron chi connectivity index (χ4n) is 5.39. The molecule has 0 aromatic heterocycles. The highest BCUT2D eigenvalue weighted by Crippen LogP contribution is 2.41. The first-order chi connectivity index (χ1) is 14.9. The molecule has 1 aromatic rings. The van der Waals surface area contributed by atoms with Gasteiger partial charge < -0.3 is 20.4 Å². The fraction of sp³-hybridized carbons (Fsp3) is 0.652. The summed E-state index contributed by atoms with van der Waals surface area (Å²) >= 11 is 0. The van der Waals surface area contributed by atoms with E-state index in [9.17, 15) is 14.0 Å². The van der Waals surface area contributed by atoms with Gasteiger partial charge in [0.05, 0.1) is 5.41 Å². The number of hydrogen-bond donors (Lipinski definition) is 2.